The van der Waals surface area contributed by atoms with Gasteiger partial charge >= 0.3 is 0 Å². The van der Waals surface area contributed by atoms with E-state index in [1.165, 1.54) is 0 Å². The van der Waals surface area contributed by atoms with E-state index in [2.05, 4.69) is 9.88 Å². The lowest BCUT2D eigenvalue weighted by atomic mass is 10.2. The minimum atomic E-state index is -0.114. The number of nitrogens with zero attached hydrogens (tertiary/aromatic N) is 4. The molecule has 1 aliphatic carbocycles. The van der Waals surface area contributed by atoms with Crippen molar-refractivity contribution in [3.8, 4) is 0 Å². The summed E-state index contributed by atoms with van der Waals surface area (Å²) >= 11 is 0. The molecule has 2 saturated heterocycles. The normalized spacial score (nSPS) is 26.5. The molecule has 3 heterocycles. The molecule has 3 aliphatic rings. The zero-order chi connectivity index (χ0) is 17.2. The molecule has 134 valence electrons. The summed E-state index contributed by atoms with van der Waals surface area (Å²) < 4.78 is 5.29. The summed E-state index contributed by atoms with van der Waals surface area (Å²) in [6.45, 7) is 5.49. The van der Waals surface area contributed by atoms with Gasteiger partial charge in [-0.25, -0.2) is 4.98 Å². The quantitative estimate of drug-likeness (QED) is 0.785. The van der Waals surface area contributed by atoms with Gasteiger partial charge in [0.15, 0.2) is 0 Å². The zero-order valence-electron chi connectivity index (χ0n) is 14.3. The fourth-order valence-corrected chi connectivity index (χ4v) is 3.69. The predicted molar refractivity (Wildman–Crippen MR) is 92.0 cm³/mol. The van der Waals surface area contributed by atoms with E-state index in [1.807, 2.05) is 28.0 Å². The molecule has 1 saturated carbocycles. The third-order valence-corrected chi connectivity index (χ3v) is 5.31. The van der Waals surface area contributed by atoms with E-state index < -0.39 is 0 Å². The number of morpholine rings is 1. The Kier molecular flexibility index (Phi) is 4.57. The molecule has 0 bridgehead atoms. The molecule has 0 N–H and O–H groups in total. The number of ether oxygens (including phenoxy) is 1. The fraction of sp³-hybridized carbons (Fsp3) is 0.611. The number of rotatable bonds is 3. The molecular weight excluding hydrogens is 320 g/mol. The highest BCUT2D eigenvalue weighted by atomic mass is 16.5. The predicted octanol–water partition coefficient (Wildman–Crippen LogP) is 0.225. The molecule has 7 nitrogen and oxygen atoms in total. The van der Waals surface area contributed by atoms with Crippen LogP contribution in [0, 0.1) is 11.8 Å². The Bertz CT molecular complexity index is 624. The Balaban J connectivity index is 1.28. The first kappa shape index (κ1) is 16.3. The van der Waals surface area contributed by atoms with E-state index in [-0.39, 0.29) is 23.7 Å². The van der Waals surface area contributed by atoms with Crippen molar-refractivity contribution >= 4 is 17.6 Å². The fourth-order valence-electron chi connectivity index (χ4n) is 3.69. The average Bonchev–Trinajstić information content (AvgIpc) is 3.49. The van der Waals surface area contributed by atoms with Crippen LogP contribution in [-0.4, -0.2) is 79.1 Å². The molecular formula is C18H24N4O3. The smallest absolute Gasteiger partial charge is 0.226 e. The van der Waals surface area contributed by atoms with Crippen LogP contribution < -0.4 is 4.90 Å². The Morgan fingerprint density at radius 2 is 1.56 bits per heavy atom. The summed E-state index contributed by atoms with van der Waals surface area (Å²) in [6.07, 6.45) is 2.49. The van der Waals surface area contributed by atoms with Gasteiger partial charge in [-0.2, -0.15) is 0 Å². The molecule has 0 radical (unpaired) electrons. The van der Waals surface area contributed by atoms with Gasteiger partial charge in [-0.1, -0.05) is 6.07 Å². The van der Waals surface area contributed by atoms with Crippen molar-refractivity contribution in [3.63, 3.8) is 0 Å². The largest absolute Gasteiger partial charge is 0.378 e. The van der Waals surface area contributed by atoms with Crippen LogP contribution in [0.2, 0.25) is 0 Å². The molecule has 2 amide bonds. The maximum Gasteiger partial charge on any atom is 0.226 e. The van der Waals surface area contributed by atoms with E-state index in [1.54, 1.807) is 6.20 Å². The Morgan fingerprint density at radius 3 is 2.16 bits per heavy atom. The second-order valence-electron chi connectivity index (χ2n) is 6.89. The molecule has 2 unspecified atom stereocenters. The maximum atomic E-state index is 12.7. The van der Waals surface area contributed by atoms with Crippen LogP contribution >= 0.6 is 0 Å². The summed E-state index contributed by atoms with van der Waals surface area (Å²) in [5, 5.41) is 0. The van der Waals surface area contributed by atoms with Crippen molar-refractivity contribution in [3.05, 3.63) is 24.4 Å². The molecule has 0 aromatic carbocycles. The number of amides is 2. The first-order valence-corrected chi connectivity index (χ1v) is 9.05. The molecule has 2 aliphatic heterocycles. The zero-order valence-corrected chi connectivity index (χ0v) is 14.3. The lowest BCUT2D eigenvalue weighted by Crippen LogP contribution is -2.50. The minimum Gasteiger partial charge on any atom is -0.378 e. The second-order valence-corrected chi connectivity index (χ2v) is 6.89. The van der Waals surface area contributed by atoms with Crippen LogP contribution in [0.4, 0.5) is 5.82 Å². The van der Waals surface area contributed by atoms with E-state index in [9.17, 15) is 9.59 Å². The Morgan fingerprint density at radius 1 is 0.920 bits per heavy atom. The summed E-state index contributed by atoms with van der Waals surface area (Å²) in [7, 11) is 0. The van der Waals surface area contributed by atoms with Crippen LogP contribution in [0.1, 0.15) is 6.42 Å². The third-order valence-electron chi connectivity index (χ3n) is 5.31. The Hall–Kier alpha value is -2.15. The van der Waals surface area contributed by atoms with Crippen LogP contribution in [0.15, 0.2) is 24.4 Å². The highest BCUT2D eigenvalue weighted by molar-refractivity contribution is 5.92. The molecule has 0 spiro atoms. The number of hydrogen-bond acceptors (Lipinski definition) is 5. The molecule has 25 heavy (non-hydrogen) atoms. The molecule has 3 fully saturated rings. The molecule has 7 heteroatoms. The number of pyridine rings is 1. The van der Waals surface area contributed by atoms with Crippen molar-refractivity contribution in [1.29, 1.82) is 0 Å². The highest BCUT2D eigenvalue weighted by Crippen LogP contribution is 2.41. The van der Waals surface area contributed by atoms with Crippen LogP contribution in [0.3, 0.4) is 0 Å². The van der Waals surface area contributed by atoms with E-state index in [0.717, 1.165) is 18.9 Å². The topological polar surface area (TPSA) is 66.0 Å². The Labute approximate surface area is 147 Å². The van der Waals surface area contributed by atoms with Gasteiger partial charge in [0.2, 0.25) is 11.8 Å². The van der Waals surface area contributed by atoms with Crippen molar-refractivity contribution in [1.82, 2.24) is 14.8 Å². The first-order valence-electron chi connectivity index (χ1n) is 9.05. The number of anilines is 1. The minimum absolute atomic E-state index is 0.112. The summed E-state index contributed by atoms with van der Waals surface area (Å²) in [6, 6.07) is 5.88. The molecule has 4 rings (SSSR count). The number of piperazine rings is 1. The van der Waals surface area contributed by atoms with Gasteiger partial charge < -0.3 is 19.4 Å². The lowest BCUT2D eigenvalue weighted by molar-refractivity contribution is -0.140. The van der Waals surface area contributed by atoms with Crippen molar-refractivity contribution in [2.45, 2.75) is 6.42 Å². The van der Waals surface area contributed by atoms with Gasteiger partial charge in [-0.15, -0.1) is 0 Å². The van der Waals surface area contributed by atoms with E-state index >= 15 is 0 Å². The number of carbonyl (C=O) groups excluding carboxylic acids is 2. The van der Waals surface area contributed by atoms with Gasteiger partial charge in [0.25, 0.3) is 0 Å². The average molecular weight is 344 g/mol. The van der Waals surface area contributed by atoms with Crippen LogP contribution in [-0.2, 0) is 14.3 Å². The molecule has 2 atom stereocenters. The van der Waals surface area contributed by atoms with Crippen molar-refractivity contribution in [2.75, 3.05) is 57.4 Å². The third kappa shape index (κ3) is 3.46. The highest BCUT2D eigenvalue weighted by Gasteiger charge is 2.51. The van der Waals surface area contributed by atoms with Gasteiger partial charge in [0.05, 0.1) is 25.0 Å². The SMILES string of the molecule is O=C(C1CC1C(=O)N1CCN(c2ccccn2)CC1)N1CCOCC1. The summed E-state index contributed by atoms with van der Waals surface area (Å²) in [4.78, 5) is 35.5. The van der Waals surface area contributed by atoms with E-state index in [4.69, 9.17) is 4.74 Å². The van der Waals surface area contributed by atoms with Crippen LogP contribution in [0.5, 0.6) is 0 Å². The number of aromatic nitrogens is 1. The van der Waals surface area contributed by atoms with Gasteiger partial charge in [-0.05, 0) is 18.6 Å². The summed E-state index contributed by atoms with van der Waals surface area (Å²) in [5.74, 6) is 1.01. The lowest BCUT2D eigenvalue weighted by Gasteiger charge is -2.35. The molecule has 1 aromatic heterocycles. The standard InChI is InChI=1S/C18H24N4O3/c23-17(14-13-15(14)18(24)22-9-11-25-12-10-22)21-7-5-20(6-8-21)16-3-1-2-4-19-16/h1-4,14-15H,5-13H2. The van der Waals surface area contributed by atoms with Gasteiger partial charge in [-0.3, -0.25) is 9.59 Å². The van der Waals surface area contributed by atoms with Gasteiger partial charge in [0, 0.05) is 45.5 Å². The van der Waals surface area contributed by atoms with Crippen molar-refractivity contribution < 1.29 is 14.3 Å². The van der Waals surface area contributed by atoms with Gasteiger partial charge in [0.1, 0.15) is 5.82 Å². The first-order chi connectivity index (χ1) is 12.2. The number of carbonyl (C=O) groups is 2. The maximum absolute atomic E-state index is 12.7. The van der Waals surface area contributed by atoms with E-state index in [0.29, 0.717) is 45.8 Å². The monoisotopic (exact) mass is 344 g/mol. The number of hydrogen-bond donors (Lipinski definition) is 0. The summed E-state index contributed by atoms with van der Waals surface area (Å²) in [5.41, 5.74) is 0. The second kappa shape index (κ2) is 7.00. The van der Waals surface area contributed by atoms with Crippen molar-refractivity contribution in [2.24, 2.45) is 11.8 Å². The van der Waals surface area contributed by atoms with Crippen LogP contribution in [0.25, 0.3) is 0 Å². The molecule has 1 aromatic rings.